The van der Waals surface area contributed by atoms with Gasteiger partial charge in [0.05, 0.1) is 22.2 Å². The monoisotopic (exact) mass is 324 g/mol. The molecule has 0 aliphatic heterocycles. The van der Waals surface area contributed by atoms with Crippen LogP contribution in [0.15, 0.2) is 35.7 Å². The molecule has 0 radical (unpaired) electrons. The number of thioether (sulfide) groups is 1. The van der Waals surface area contributed by atoms with Gasteiger partial charge in [-0.2, -0.15) is 0 Å². The Hall–Kier alpha value is -2.35. The smallest absolute Gasteiger partial charge is 0.316 e. The molecular formula is C14H16N2O5S. The predicted molar refractivity (Wildman–Crippen MR) is 83.0 cm³/mol. The second-order valence-corrected chi connectivity index (χ2v) is 5.05. The zero-order valence-electron chi connectivity index (χ0n) is 12.0. The molecule has 0 spiro atoms. The van der Waals surface area contributed by atoms with E-state index >= 15 is 0 Å². The zero-order valence-corrected chi connectivity index (χ0v) is 12.9. The van der Waals surface area contributed by atoms with Crippen LogP contribution in [-0.4, -0.2) is 35.7 Å². The fourth-order valence-corrected chi connectivity index (χ4v) is 2.33. The summed E-state index contributed by atoms with van der Waals surface area (Å²) in [7, 11) is 0. The number of esters is 1. The van der Waals surface area contributed by atoms with Crippen LogP contribution in [0.25, 0.3) is 0 Å². The summed E-state index contributed by atoms with van der Waals surface area (Å²) >= 11 is 0.998. The molecule has 118 valence electrons. The Kier molecular flexibility index (Phi) is 7.11. The van der Waals surface area contributed by atoms with Gasteiger partial charge in [-0.25, -0.2) is 0 Å². The number of ether oxygens (including phenoxy) is 1. The van der Waals surface area contributed by atoms with Crippen LogP contribution in [0.5, 0.6) is 0 Å². The number of carbonyl (C=O) groups excluding carboxylic acids is 2. The normalized spacial score (nSPS) is 9.86. The lowest BCUT2D eigenvalue weighted by Gasteiger charge is -2.06. The average Bonchev–Trinajstić information content (AvgIpc) is 2.50. The number of nitrogens with zero attached hydrogens (tertiary/aromatic N) is 1. The number of amides is 1. The standard InChI is InChI=1S/C14H16N2O5S/c1-3-7-15-14(18)10-5-6-12(11(8-10)16(19)20)22-9-13(17)21-4-2/h3,5-6,8H,1,4,7,9H2,2H3,(H,15,18). The number of rotatable bonds is 8. The molecule has 0 bridgehead atoms. The highest BCUT2D eigenvalue weighted by molar-refractivity contribution is 8.00. The minimum atomic E-state index is -0.586. The van der Waals surface area contributed by atoms with Gasteiger partial charge >= 0.3 is 5.97 Å². The van der Waals surface area contributed by atoms with Crippen LogP contribution in [0.4, 0.5) is 5.69 Å². The van der Waals surface area contributed by atoms with E-state index in [1.165, 1.54) is 24.3 Å². The van der Waals surface area contributed by atoms with Crippen molar-refractivity contribution in [3.63, 3.8) is 0 Å². The number of benzene rings is 1. The van der Waals surface area contributed by atoms with Gasteiger partial charge in [0.2, 0.25) is 0 Å². The summed E-state index contributed by atoms with van der Waals surface area (Å²) in [5.41, 5.74) is -0.0467. The van der Waals surface area contributed by atoms with E-state index in [0.29, 0.717) is 4.90 Å². The van der Waals surface area contributed by atoms with E-state index in [-0.39, 0.29) is 30.2 Å². The fourth-order valence-electron chi connectivity index (χ4n) is 1.53. The highest BCUT2D eigenvalue weighted by Gasteiger charge is 2.18. The lowest BCUT2D eigenvalue weighted by atomic mass is 10.2. The number of nitrogens with one attached hydrogen (secondary N) is 1. The van der Waals surface area contributed by atoms with Crippen molar-refractivity contribution >= 4 is 29.3 Å². The van der Waals surface area contributed by atoms with Gasteiger partial charge < -0.3 is 10.1 Å². The lowest BCUT2D eigenvalue weighted by molar-refractivity contribution is -0.387. The summed E-state index contributed by atoms with van der Waals surface area (Å²) in [6.45, 7) is 5.68. The van der Waals surface area contributed by atoms with E-state index in [1.807, 2.05) is 0 Å². The molecule has 0 fully saturated rings. The van der Waals surface area contributed by atoms with Gasteiger partial charge in [-0.1, -0.05) is 6.08 Å². The molecule has 0 unspecified atom stereocenters. The summed E-state index contributed by atoms with van der Waals surface area (Å²) in [6.07, 6.45) is 1.51. The van der Waals surface area contributed by atoms with E-state index in [9.17, 15) is 19.7 Å². The molecule has 0 aliphatic carbocycles. The molecule has 8 heteroatoms. The van der Waals surface area contributed by atoms with Crippen LogP contribution in [0.3, 0.4) is 0 Å². The first-order chi connectivity index (χ1) is 10.5. The van der Waals surface area contributed by atoms with Crippen molar-refractivity contribution in [2.75, 3.05) is 18.9 Å². The summed E-state index contributed by atoms with van der Waals surface area (Å²) in [5.74, 6) is -0.906. The summed E-state index contributed by atoms with van der Waals surface area (Å²) in [5, 5.41) is 13.6. The molecule has 0 aromatic heterocycles. The minimum Gasteiger partial charge on any atom is -0.465 e. The van der Waals surface area contributed by atoms with Gasteiger partial charge in [-0.05, 0) is 19.1 Å². The van der Waals surface area contributed by atoms with Crippen LogP contribution < -0.4 is 5.32 Å². The fraction of sp³-hybridized carbons (Fsp3) is 0.286. The van der Waals surface area contributed by atoms with Crippen LogP contribution in [0, 0.1) is 10.1 Å². The molecule has 7 nitrogen and oxygen atoms in total. The van der Waals surface area contributed by atoms with E-state index in [0.717, 1.165) is 11.8 Å². The number of hydrogen-bond donors (Lipinski definition) is 1. The maximum absolute atomic E-state index is 11.8. The Bertz CT molecular complexity index is 589. The van der Waals surface area contributed by atoms with Crippen LogP contribution in [0.1, 0.15) is 17.3 Å². The van der Waals surface area contributed by atoms with Gasteiger partial charge in [-0.3, -0.25) is 19.7 Å². The molecule has 1 amide bonds. The molecule has 22 heavy (non-hydrogen) atoms. The SMILES string of the molecule is C=CCNC(=O)c1ccc(SCC(=O)OCC)c([N+](=O)[O-])c1. The first-order valence-corrected chi connectivity index (χ1v) is 7.44. The van der Waals surface area contributed by atoms with Crippen molar-refractivity contribution in [3.8, 4) is 0 Å². The summed E-state index contributed by atoms with van der Waals surface area (Å²) in [4.78, 5) is 33.9. The quantitative estimate of drug-likeness (QED) is 0.259. The zero-order chi connectivity index (χ0) is 16.5. The van der Waals surface area contributed by atoms with Crippen molar-refractivity contribution < 1.29 is 19.2 Å². The average molecular weight is 324 g/mol. The Morgan fingerprint density at radius 3 is 2.82 bits per heavy atom. The maximum Gasteiger partial charge on any atom is 0.316 e. The third kappa shape index (κ3) is 5.21. The third-order valence-corrected chi connectivity index (χ3v) is 3.51. The van der Waals surface area contributed by atoms with Crippen molar-refractivity contribution in [2.45, 2.75) is 11.8 Å². The van der Waals surface area contributed by atoms with Crippen LogP contribution in [0.2, 0.25) is 0 Å². The lowest BCUT2D eigenvalue weighted by Crippen LogP contribution is -2.23. The van der Waals surface area contributed by atoms with Gasteiger partial charge in [0, 0.05) is 18.2 Å². The van der Waals surface area contributed by atoms with Crippen molar-refractivity contribution in [1.82, 2.24) is 5.32 Å². The maximum atomic E-state index is 11.8. The Balaban J connectivity index is 2.90. The number of nitro groups is 1. The molecule has 0 aliphatic rings. The largest absolute Gasteiger partial charge is 0.465 e. The molecule has 0 heterocycles. The van der Waals surface area contributed by atoms with Crippen molar-refractivity contribution in [1.29, 1.82) is 0 Å². The molecule has 1 rings (SSSR count). The van der Waals surface area contributed by atoms with E-state index in [4.69, 9.17) is 4.74 Å². The Labute approximate surface area is 131 Å². The van der Waals surface area contributed by atoms with Gasteiger partial charge in [0.1, 0.15) is 0 Å². The first kappa shape index (κ1) is 17.7. The molecule has 1 aromatic carbocycles. The summed E-state index contributed by atoms with van der Waals surface area (Å²) in [6, 6.07) is 4.11. The van der Waals surface area contributed by atoms with Crippen molar-refractivity contribution in [2.24, 2.45) is 0 Å². The highest BCUT2D eigenvalue weighted by Crippen LogP contribution is 2.30. The van der Waals surface area contributed by atoms with Gasteiger partial charge in [-0.15, -0.1) is 18.3 Å². The third-order valence-electron chi connectivity index (χ3n) is 2.48. The first-order valence-electron chi connectivity index (χ1n) is 6.45. The van der Waals surface area contributed by atoms with E-state index < -0.39 is 16.8 Å². The highest BCUT2D eigenvalue weighted by atomic mass is 32.2. The predicted octanol–water partition coefficient (Wildman–Crippen LogP) is 2.17. The second kappa shape index (κ2) is 8.83. The number of nitro benzene ring substituents is 1. The van der Waals surface area contributed by atoms with E-state index in [1.54, 1.807) is 6.92 Å². The van der Waals surface area contributed by atoms with Gasteiger partial charge in [0.25, 0.3) is 11.6 Å². The second-order valence-electron chi connectivity index (χ2n) is 4.03. The van der Waals surface area contributed by atoms with E-state index in [2.05, 4.69) is 11.9 Å². The molecule has 0 saturated heterocycles. The number of hydrogen-bond acceptors (Lipinski definition) is 6. The molecule has 0 saturated carbocycles. The number of carbonyl (C=O) groups is 2. The Morgan fingerprint density at radius 2 is 2.23 bits per heavy atom. The molecular weight excluding hydrogens is 308 g/mol. The molecule has 1 aromatic rings. The van der Waals surface area contributed by atoms with Crippen LogP contribution >= 0.6 is 11.8 Å². The van der Waals surface area contributed by atoms with Crippen molar-refractivity contribution in [3.05, 3.63) is 46.5 Å². The molecule has 0 atom stereocenters. The molecule has 1 N–H and O–H groups in total. The Morgan fingerprint density at radius 1 is 1.50 bits per heavy atom. The summed E-state index contributed by atoms with van der Waals surface area (Å²) < 4.78 is 4.77. The van der Waals surface area contributed by atoms with Crippen LogP contribution in [-0.2, 0) is 9.53 Å². The topological polar surface area (TPSA) is 98.5 Å². The van der Waals surface area contributed by atoms with Gasteiger partial charge in [0.15, 0.2) is 0 Å². The minimum absolute atomic E-state index is 0.0311.